The quantitative estimate of drug-likeness (QED) is 0.691. The van der Waals surface area contributed by atoms with E-state index in [1.54, 1.807) is 28.8 Å². The fraction of sp³-hybridized carbons (Fsp3) is 0.0667. The number of aromatic nitrogens is 4. The second-order valence-electron chi connectivity index (χ2n) is 4.67. The van der Waals surface area contributed by atoms with Gasteiger partial charge in [0.15, 0.2) is 5.82 Å². The lowest BCUT2D eigenvalue weighted by atomic mass is 10.1. The van der Waals surface area contributed by atoms with Crippen molar-refractivity contribution in [1.29, 1.82) is 0 Å². The monoisotopic (exact) mass is 371 g/mol. The molecule has 0 amide bonds. The SMILES string of the molecule is Brc1ccccc1C1=Nn2c(nnc2-c2ccncc2)SC1. The van der Waals surface area contributed by atoms with Crippen LogP contribution in [0.5, 0.6) is 0 Å². The van der Waals surface area contributed by atoms with Crippen LogP contribution in [0.1, 0.15) is 5.56 Å². The molecule has 0 fully saturated rings. The fourth-order valence-electron chi connectivity index (χ4n) is 2.24. The van der Waals surface area contributed by atoms with Crippen LogP contribution in [-0.4, -0.2) is 31.3 Å². The summed E-state index contributed by atoms with van der Waals surface area (Å²) in [5.74, 6) is 1.51. The number of nitrogens with zero attached hydrogens (tertiary/aromatic N) is 5. The smallest absolute Gasteiger partial charge is 0.212 e. The molecule has 0 bridgehead atoms. The minimum absolute atomic E-state index is 0.731. The lowest BCUT2D eigenvalue weighted by Gasteiger charge is -2.14. The molecule has 22 heavy (non-hydrogen) atoms. The topological polar surface area (TPSA) is 56.0 Å². The number of pyridine rings is 1. The maximum absolute atomic E-state index is 4.75. The van der Waals surface area contributed by atoms with Gasteiger partial charge in [-0.1, -0.05) is 45.9 Å². The predicted molar refractivity (Wildman–Crippen MR) is 90.1 cm³/mol. The zero-order valence-corrected chi connectivity index (χ0v) is 13.8. The van der Waals surface area contributed by atoms with Crippen LogP contribution in [0.2, 0.25) is 0 Å². The van der Waals surface area contributed by atoms with Crippen LogP contribution in [-0.2, 0) is 0 Å². The van der Waals surface area contributed by atoms with Gasteiger partial charge in [-0.3, -0.25) is 4.98 Å². The Morgan fingerprint density at radius 3 is 2.68 bits per heavy atom. The van der Waals surface area contributed by atoms with Gasteiger partial charge in [-0.2, -0.15) is 9.78 Å². The van der Waals surface area contributed by atoms with Gasteiger partial charge in [-0.25, -0.2) is 0 Å². The van der Waals surface area contributed by atoms with Crippen LogP contribution < -0.4 is 0 Å². The largest absolute Gasteiger partial charge is 0.265 e. The molecule has 3 heterocycles. The van der Waals surface area contributed by atoms with Crippen molar-refractivity contribution in [3.05, 3.63) is 58.8 Å². The Hall–Kier alpha value is -1.99. The lowest BCUT2D eigenvalue weighted by molar-refractivity contribution is 0.762. The molecular weight excluding hydrogens is 362 g/mol. The third kappa shape index (κ3) is 2.36. The van der Waals surface area contributed by atoms with Crippen molar-refractivity contribution in [2.75, 3.05) is 5.75 Å². The molecule has 0 atom stereocenters. The Morgan fingerprint density at radius 1 is 1.05 bits per heavy atom. The molecule has 5 nitrogen and oxygen atoms in total. The van der Waals surface area contributed by atoms with Crippen LogP contribution in [0.15, 0.2) is 63.5 Å². The van der Waals surface area contributed by atoms with Crippen molar-refractivity contribution < 1.29 is 0 Å². The number of halogens is 1. The second-order valence-corrected chi connectivity index (χ2v) is 6.47. The van der Waals surface area contributed by atoms with Gasteiger partial charge < -0.3 is 0 Å². The maximum Gasteiger partial charge on any atom is 0.212 e. The van der Waals surface area contributed by atoms with E-state index < -0.39 is 0 Å². The molecule has 1 aliphatic heterocycles. The molecule has 0 saturated carbocycles. The molecule has 7 heteroatoms. The first kappa shape index (κ1) is 13.7. The highest BCUT2D eigenvalue weighted by Crippen LogP contribution is 2.29. The maximum atomic E-state index is 4.75. The van der Waals surface area contributed by atoms with Crippen LogP contribution in [0.4, 0.5) is 0 Å². The van der Waals surface area contributed by atoms with Crippen LogP contribution in [0.3, 0.4) is 0 Å². The number of thioether (sulfide) groups is 1. The lowest BCUT2D eigenvalue weighted by Crippen LogP contribution is -2.14. The molecular formula is C15H10BrN5S. The molecule has 0 spiro atoms. The van der Waals surface area contributed by atoms with E-state index >= 15 is 0 Å². The van der Waals surface area contributed by atoms with Crippen molar-refractivity contribution in [3.63, 3.8) is 0 Å². The van der Waals surface area contributed by atoms with Gasteiger partial charge >= 0.3 is 0 Å². The third-order valence-electron chi connectivity index (χ3n) is 3.29. The average Bonchev–Trinajstić information content (AvgIpc) is 2.99. The standard InChI is InChI=1S/C15H10BrN5S/c16-12-4-2-1-3-11(12)13-9-22-15-19-18-14(21(15)20-13)10-5-7-17-8-6-10/h1-8H,9H2. The van der Waals surface area contributed by atoms with Crippen LogP contribution in [0.25, 0.3) is 11.4 Å². The van der Waals surface area contributed by atoms with E-state index in [0.29, 0.717) is 0 Å². The highest BCUT2D eigenvalue weighted by atomic mass is 79.9. The molecule has 0 unspecified atom stereocenters. The molecule has 3 aromatic rings. The van der Waals surface area contributed by atoms with E-state index in [4.69, 9.17) is 5.10 Å². The van der Waals surface area contributed by atoms with Gasteiger partial charge in [0.1, 0.15) is 0 Å². The van der Waals surface area contributed by atoms with Crippen molar-refractivity contribution in [2.45, 2.75) is 5.16 Å². The summed E-state index contributed by atoms with van der Waals surface area (Å²) in [6.07, 6.45) is 3.48. The number of rotatable bonds is 2. The normalized spacial score (nSPS) is 13.6. The van der Waals surface area contributed by atoms with Gasteiger partial charge in [0.05, 0.1) is 5.71 Å². The minimum Gasteiger partial charge on any atom is -0.265 e. The molecule has 0 saturated heterocycles. The number of hydrogen-bond acceptors (Lipinski definition) is 5. The van der Waals surface area contributed by atoms with Crippen LogP contribution >= 0.6 is 27.7 Å². The van der Waals surface area contributed by atoms with Gasteiger partial charge in [0.25, 0.3) is 0 Å². The van der Waals surface area contributed by atoms with E-state index in [2.05, 4.69) is 37.2 Å². The Labute approximate surface area is 139 Å². The summed E-state index contributed by atoms with van der Waals surface area (Å²) >= 11 is 5.23. The molecule has 0 aliphatic carbocycles. The van der Waals surface area contributed by atoms with E-state index in [1.165, 1.54) is 0 Å². The molecule has 1 aliphatic rings. The van der Waals surface area contributed by atoms with Crippen LogP contribution in [0, 0.1) is 0 Å². The summed E-state index contributed by atoms with van der Waals surface area (Å²) in [7, 11) is 0. The number of hydrogen-bond donors (Lipinski definition) is 0. The number of fused-ring (bicyclic) bond motifs is 1. The Morgan fingerprint density at radius 2 is 1.86 bits per heavy atom. The van der Waals surface area contributed by atoms with Gasteiger partial charge in [-0.15, -0.1) is 10.2 Å². The highest BCUT2D eigenvalue weighted by Gasteiger charge is 2.21. The molecule has 4 rings (SSSR count). The third-order valence-corrected chi connectivity index (χ3v) is 4.92. The summed E-state index contributed by atoms with van der Waals surface area (Å²) in [5, 5.41) is 14.0. The zero-order chi connectivity index (χ0) is 14.9. The highest BCUT2D eigenvalue weighted by molar-refractivity contribution is 9.10. The van der Waals surface area contributed by atoms with Crippen molar-refractivity contribution in [2.24, 2.45) is 5.10 Å². The van der Waals surface area contributed by atoms with Gasteiger partial charge in [-0.05, 0) is 18.2 Å². The van der Waals surface area contributed by atoms with E-state index in [9.17, 15) is 0 Å². The van der Waals surface area contributed by atoms with E-state index in [-0.39, 0.29) is 0 Å². The first-order chi connectivity index (χ1) is 10.8. The minimum atomic E-state index is 0.731. The molecule has 1 aromatic carbocycles. The van der Waals surface area contributed by atoms with Gasteiger partial charge in [0.2, 0.25) is 5.16 Å². The van der Waals surface area contributed by atoms with Crippen molar-refractivity contribution in [3.8, 4) is 11.4 Å². The molecule has 0 N–H and O–H groups in total. The zero-order valence-electron chi connectivity index (χ0n) is 11.3. The summed E-state index contributed by atoms with van der Waals surface area (Å²) in [4.78, 5) is 4.04. The predicted octanol–water partition coefficient (Wildman–Crippen LogP) is 3.46. The summed E-state index contributed by atoms with van der Waals surface area (Å²) in [6.45, 7) is 0. The summed E-state index contributed by atoms with van der Waals surface area (Å²) < 4.78 is 2.84. The van der Waals surface area contributed by atoms with Gasteiger partial charge in [0, 0.05) is 33.7 Å². The average molecular weight is 372 g/mol. The molecule has 108 valence electrons. The van der Waals surface area contributed by atoms with E-state index in [1.807, 2.05) is 30.3 Å². The Kier molecular flexibility index (Phi) is 3.51. The molecule has 0 radical (unpaired) electrons. The molecule has 2 aromatic heterocycles. The fourth-order valence-corrected chi connectivity index (χ4v) is 3.58. The summed E-state index contributed by atoms with van der Waals surface area (Å²) in [5.41, 5.74) is 3.04. The van der Waals surface area contributed by atoms with E-state index in [0.717, 1.165) is 38.0 Å². The Balaban J connectivity index is 1.83. The number of benzene rings is 1. The summed E-state index contributed by atoms with van der Waals surface area (Å²) in [6, 6.07) is 11.9. The first-order valence-corrected chi connectivity index (χ1v) is 8.42. The Bertz CT molecular complexity index is 859. The van der Waals surface area contributed by atoms with Crippen molar-refractivity contribution in [1.82, 2.24) is 19.9 Å². The second kappa shape index (κ2) is 5.66. The van der Waals surface area contributed by atoms with Crippen molar-refractivity contribution >= 4 is 33.4 Å². The first-order valence-electron chi connectivity index (χ1n) is 6.64.